The molecule has 0 aromatic heterocycles. The molecule has 1 saturated carbocycles. The van der Waals surface area contributed by atoms with Gasteiger partial charge in [0.15, 0.2) is 5.17 Å². The normalized spacial score (nSPS) is 32.2. The molecule has 0 radical (unpaired) electrons. The fourth-order valence-corrected chi connectivity index (χ4v) is 4.27. The summed E-state index contributed by atoms with van der Waals surface area (Å²) in [5.74, 6) is 2.04. The first kappa shape index (κ1) is 16.1. The second-order valence-corrected chi connectivity index (χ2v) is 7.46. The van der Waals surface area contributed by atoms with E-state index >= 15 is 0 Å². The monoisotopic (exact) mass is 299 g/mol. The van der Waals surface area contributed by atoms with Crippen LogP contribution in [-0.4, -0.2) is 61.8 Å². The smallest absolute Gasteiger partial charge is 0.157 e. The van der Waals surface area contributed by atoms with E-state index in [-0.39, 0.29) is 0 Å². The van der Waals surface area contributed by atoms with Gasteiger partial charge < -0.3 is 15.0 Å². The summed E-state index contributed by atoms with van der Waals surface area (Å²) in [5.41, 5.74) is 0.340. The van der Waals surface area contributed by atoms with Crippen molar-refractivity contribution < 1.29 is 4.74 Å². The minimum absolute atomic E-state index is 0.340. The lowest BCUT2D eigenvalue weighted by Gasteiger charge is -2.36. The summed E-state index contributed by atoms with van der Waals surface area (Å²) >= 11 is 1.89. The highest BCUT2D eigenvalue weighted by Gasteiger charge is 2.40. The minimum atomic E-state index is 0.340. The summed E-state index contributed by atoms with van der Waals surface area (Å²) in [6.45, 7) is 5.64. The van der Waals surface area contributed by atoms with Gasteiger partial charge in [0, 0.05) is 17.8 Å². The molecule has 20 heavy (non-hydrogen) atoms. The third kappa shape index (κ3) is 4.93. The van der Waals surface area contributed by atoms with Crippen LogP contribution in [0.15, 0.2) is 4.99 Å². The van der Waals surface area contributed by atoms with E-state index in [0.717, 1.165) is 37.4 Å². The molecule has 116 valence electrons. The molecule has 2 unspecified atom stereocenters. The van der Waals surface area contributed by atoms with Crippen molar-refractivity contribution >= 4 is 16.9 Å². The molecular formula is C15H29N3OS. The zero-order valence-electron chi connectivity index (χ0n) is 13.2. The Hall–Kier alpha value is -0.260. The molecule has 2 rings (SSSR count). The fourth-order valence-electron chi connectivity index (χ4n) is 3.06. The topological polar surface area (TPSA) is 36.9 Å². The number of amidine groups is 1. The molecule has 1 N–H and O–H groups in total. The number of hydrogen-bond acceptors (Lipinski definition) is 4. The fraction of sp³-hybridized carbons (Fsp3) is 0.933. The van der Waals surface area contributed by atoms with Gasteiger partial charge in [0.1, 0.15) is 0 Å². The SMILES string of the molecule is CC1CCCC2(CSC(=NCCOCCN(C)C)N2)C1. The van der Waals surface area contributed by atoms with E-state index < -0.39 is 0 Å². The molecule has 1 heterocycles. The maximum Gasteiger partial charge on any atom is 0.157 e. The average Bonchev–Trinajstić information content (AvgIpc) is 2.76. The molecule has 0 amide bonds. The van der Waals surface area contributed by atoms with Crippen LogP contribution in [0.4, 0.5) is 0 Å². The van der Waals surface area contributed by atoms with Gasteiger partial charge in [-0.25, -0.2) is 0 Å². The van der Waals surface area contributed by atoms with E-state index in [0.29, 0.717) is 5.54 Å². The number of ether oxygens (including phenoxy) is 1. The summed E-state index contributed by atoms with van der Waals surface area (Å²) in [6, 6.07) is 0. The number of thioether (sulfide) groups is 1. The van der Waals surface area contributed by atoms with Gasteiger partial charge in [-0.15, -0.1) is 0 Å². The van der Waals surface area contributed by atoms with Crippen molar-refractivity contribution in [2.75, 3.05) is 46.2 Å². The molecule has 1 aliphatic carbocycles. The molecule has 5 heteroatoms. The zero-order chi connectivity index (χ0) is 14.4. The first-order valence-electron chi connectivity index (χ1n) is 7.78. The van der Waals surface area contributed by atoms with Gasteiger partial charge in [0.2, 0.25) is 0 Å². The summed E-state index contributed by atoms with van der Waals surface area (Å²) < 4.78 is 5.57. The molecule has 4 nitrogen and oxygen atoms in total. The summed E-state index contributed by atoms with van der Waals surface area (Å²) in [7, 11) is 4.13. The first-order chi connectivity index (χ1) is 9.60. The quantitative estimate of drug-likeness (QED) is 0.763. The van der Waals surface area contributed by atoms with Crippen molar-refractivity contribution in [2.45, 2.75) is 38.1 Å². The molecule has 0 bridgehead atoms. The maximum atomic E-state index is 5.57. The number of aliphatic imine (C=N–C) groups is 1. The van der Waals surface area contributed by atoms with Crippen LogP contribution < -0.4 is 5.32 Å². The number of rotatable bonds is 6. The summed E-state index contributed by atoms with van der Waals surface area (Å²) in [4.78, 5) is 6.78. The van der Waals surface area contributed by atoms with E-state index in [9.17, 15) is 0 Å². The van der Waals surface area contributed by atoms with E-state index in [1.54, 1.807) is 0 Å². The second-order valence-electron chi connectivity index (χ2n) is 6.50. The van der Waals surface area contributed by atoms with Crippen molar-refractivity contribution in [3.8, 4) is 0 Å². The number of likely N-dealkylation sites (N-methyl/N-ethyl adjacent to an activating group) is 1. The van der Waals surface area contributed by atoms with E-state index in [2.05, 4.69) is 36.2 Å². The van der Waals surface area contributed by atoms with E-state index in [1.165, 1.54) is 31.4 Å². The van der Waals surface area contributed by atoms with Gasteiger partial charge in [0.05, 0.1) is 19.8 Å². The van der Waals surface area contributed by atoms with Crippen LogP contribution in [0.5, 0.6) is 0 Å². The van der Waals surface area contributed by atoms with Crippen LogP contribution in [0, 0.1) is 5.92 Å². The highest BCUT2D eigenvalue weighted by molar-refractivity contribution is 8.14. The van der Waals surface area contributed by atoms with Crippen LogP contribution in [0.1, 0.15) is 32.6 Å². The Bertz CT molecular complexity index is 335. The van der Waals surface area contributed by atoms with Crippen molar-refractivity contribution in [2.24, 2.45) is 10.9 Å². The van der Waals surface area contributed by atoms with Gasteiger partial charge >= 0.3 is 0 Å². The lowest BCUT2D eigenvalue weighted by Crippen LogP contribution is -2.47. The Morgan fingerprint density at radius 2 is 2.30 bits per heavy atom. The Morgan fingerprint density at radius 1 is 1.45 bits per heavy atom. The third-order valence-corrected chi connectivity index (χ3v) is 5.32. The van der Waals surface area contributed by atoms with Crippen molar-refractivity contribution in [1.29, 1.82) is 0 Å². The highest BCUT2D eigenvalue weighted by atomic mass is 32.2. The van der Waals surface area contributed by atoms with Gasteiger partial charge in [-0.2, -0.15) is 0 Å². The average molecular weight is 299 g/mol. The molecule has 2 atom stereocenters. The van der Waals surface area contributed by atoms with Crippen LogP contribution in [-0.2, 0) is 4.74 Å². The van der Waals surface area contributed by atoms with Crippen LogP contribution >= 0.6 is 11.8 Å². The Balaban J connectivity index is 1.66. The lowest BCUT2D eigenvalue weighted by molar-refractivity contribution is 0.124. The molecule has 1 spiro atoms. The standard InChI is InChI=1S/C15H29N3OS/c1-13-5-4-6-15(11-13)12-20-14(17-15)16-7-9-19-10-8-18(2)3/h13H,4-12H2,1-3H3,(H,16,17). The molecular weight excluding hydrogens is 270 g/mol. The molecule has 0 aromatic carbocycles. The van der Waals surface area contributed by atoms with Crippen LogP contribution in [0.25, 0.3) is 0 Å². The van der Waals surface area contributed by atoms with E-state index in [4.69, 9.17) is 4.74 Å². The molecule has 1 saturated heterocycles. The summed E-state index contributed by atoms with van der Waals surface area (Å²) in [6.07, 6.45) is 5.36. The molecule has 1 aliphatic heterocycles. The minimum Gasteiger partial charge on any atom is -0.378 e. The van der Waals surface area contributed by atoms with Crippen molar-refractivity contribution in [3.63, 3.8) is 0 Å². The van der Waals surface area contributed by atoms with Gasteiger partial charge in [-0.1, -0.05) is 31.5 Å². The summed E-state index contributed by atoms with van der Waals surface area (Å²) in [5, 5.41) is 4.83. The predicted octanol–water partition coefficient (Wildman–Crippen LogP) is 2.21. The lowest BCUT2D eigenvalue weighted by atomic mass is 9.78. The molecule has 2 fully saturated rings. The van der Waals surface area contributed by atoms with Gasteiger partial charge in [-0.05, 0) is 32.9 Å². The number of hydrogen-bond donors (Lipinski definition) is 1. The molecule has 2 aliphatic rings. The van der Waals surface area contributed by atoms with Crippen LogP contribution in [0.2, 0.25) is 0 Å². The van der Waals surface area contributed by atoms with Crippen molar-refractivity contribution in [1.82, 2.24) is 10.2 Å². The van der Waals surface area contributed by atoms with Crippen molar-refractivity contribution in [3.05, 3.63) is 0 Å². The third-order valence-electron chi connectivity index (χ3n) is 4.12. The number of nitrogens with zero attached hydrogens (tertiary/aromatic N) is 2. The van der Waals surface area contributed by atoms with Gasteiger partial charge in [-0.3, -0.25) is 4.99 Å². The second kappa shape index (κ2) is 7.66. The largest absolute Gasteiger partial charge is 0.378 e. The maximum absolute atomic E-state index is 5.57. The Kier molecular flexibility index (Phi) is 6.18. The highest BCUT2D eigenvalue weighted by Crippen LogP contribution is 2.38. The first-order valence-corrected chi connectivity index (χ1v) is 8.76. The molecule has 0 aromatic rings. The Labute approximate surface area is 127 Å². The van der Waals surface area contributed by atoms with Crippen LogP contribution in [0.3, 0.4) is 0 Å². The zero-order valence-corrected chi connectivity index (χ0v) is 14.0. The van der Waals surface area contributed by atoms with Gasteiger partial charge in [0.25, 0.3) is 0 Å². The van der Waals surface area contributed by atoms with E-state index in [1.807, 2.05) is 11.8 Å². The Morgan fingerprint density at radius 3 is 3.05 bits per heavy atom. The number of nitrogens with one attached hydrogen (secondary N) is 1. The predicted molar refractivity (Wildman–Crippen MR) is 87.6 cm³/mol.